The zero-order valence-electron chi connectivity index (χ0n) is 40.3. The molecule has 0 aromatic heterocycles. The van der Waals surface area contributed by atoms with E-state index in [0.717, 1.165) is 25.7 Å². The Morgan fingerprint density at radius 3 is 1.79 bits per heavy atom. The van der Waals surface area contributed by atoms with E-state index >= 15 is 0 Å². The van der Waals surface area contributed by atoms with Crippen LogP contribution in [0.3, 0.4) is 0 Å². The number of allylic oxidation sites excluding steroid dienone is 1. The molecule has 4 unspecified atom stereocenters. The van der Waals surface area contributed by atoms with Gasteiger partial charge in [-0.3, -0.25) is 0 Å². The smallest absolute Gasteiger partial charge is 0.187 e. The van der Waals surface area contributed by atoms with Gasteiger partial charge in [0.05, 0.1) is 43.7 Å². The van der Waals surface area contributed by atoms with E-state index in [1.54, 1.807) is 13.8 Å². The molecule has 7 rings (SSSR count). The summed E-state index contributed by atoms with van der Waals surface area (Å²) in [4.78, 5) is 0. The van der Waals surface area contributed by atoms with E-state index in [4.69, 9.17) is 28.4 Å². The van der Waals surface area contributed by atoms with Gasteiger partial charge in [0, 0.05) is 10.8 Å². The van der Waals surface area contributed by atoms with Gasteiger partial charge in [-0.1, -0.05) is 53.2 Å². The molecule has 25 atom stereocenters. The molecule has 19 heteroatoms. The summed E-state index contributed by atoms with van der Waals surface area (Å²) in [5, 5.41) is 138. The third kappa shape index (κ3) is 9.24. The van der Waals surface area contributed by atoms with Crippen molar-refractivity contribution in [3.63, 3.8) is 0 Å². The number of aliphatic hydroxyl groups is 13. The summed E-state index contributed by atoms with van der Waals surface area (Å²) in [5.74, 6) is 0.547. The van der Waals surface area contributed by atoms with Crippen molar-refractivity contribution >= 4 is 0 Å². The number of fused-ring (bicyclic) bond motifs is 5. The van der Waals surface area contributed by atoms with Gasteiger partial charge in [-0.25, -0.2) is 0 Å². The van der Waals surface area contributed by atoms with Crippen LogP contribution in [0.25, 0.3) is 0 Å². The number of rotatable bonds is 14. The molecule has 6 fully saturated rings. The average molecular weight is 963 g/mol. The molecule has 0 aromatic carbocycles. The van der Waals surface area contributed by atoms with Crippen LogP contribution in [0.2, 0.25) is 0 Å². The van der Waals surface area contributed by atoms with Crippen molar-refractivity contribution in [2.45, 2.75) is 223 Å². The van der Waals surface area contributed by atoms with Crippen molar-refractivity contribution in [3.05, 3.63) is 11.6 Å². The Kier molecular flexibility index (Phi) is 15.9. The Balaban J connectivity index is 1.01. The van der Waals surface area contributed by atoms with Crippen LogP contribution in [-0.2, 0) is 28.4 Å². The van der Waals surface area contributed by atoms with Gasteiger partial charge in [-0.05, 0) is 99.7 Å². The summed E-state index contributed by atoms with van der Waals surface area (Å²) in [7, 11) is 0. The molecule has 19 nitrogen and oxygen atoms in total. The molecular formula is C48H82O19. The molecule has 13 N–H and O–H groups in total. The molecular weight excluding hydrogens is 881 g/mol. The second kappa shape index (κ2) is 19.8. The first-order valence-electron chi connectivity index (χ1n) is 24.5. The van der Waals surface area contributed by atoms with E-state index in [1.165, 1.54) is 5.57 Å². The first-order chi connectivity index (χ1) is 31.2. The maximum atomic E-state index is 12.6. The number of hydrogen-bond donors (Lipinski definition) is 13. The van der Waals surface area contributed by atoms with Crippen LogP contribution in [0.4, 0.5) is 0 Å². The van der Waals surface area contributed by atoms with Gasteiger partial charge in [0.25, 0.3) is 0 Å². The summed E-state index contributed by atoms with van der Waals surface area (Å²) in [6, 6.07) is 0. The topological polar surface area (TPSA) is 318 Å². The fraction of sp³-hybridized carbons (Fsp3) is 0.958. The zero-order valence-corrected chi connectivity index (χ0v) is 40.3. The van der Waals surface area contributed by atoms with Gasteiger partial charge in [-0.2, -0.15) is 0 Å². The molecule has 3 heterocycles. The van der Waals surface area contributed by atoms with Crippen LogP contribution in [0.1, 0.15) is 107 Å². The Hall–Kier alpha value is -1.02. The molecule has 7 aliphatic rings. The summed E-state index contributed by atoms with van der Waals surface area (Å²) in [5.41, 5.74) is -1.60. The summed E-state index contributed by atoms with van der Waals surface area (Å²) in [6.45, 7) is 14.8. The molecule has 0 aromatic rings. The molecule has 3 saturated heterocycles. The molecule has 0 amide bonds. The highest BCUT2D eigenvalue weighted by Gasteiger charge is 2.70. The highest BCUT2D eigenvalue weighted by Crippen LogP contribution is 2.75. The SMILES string of the molecule is C[C@H](CC[C@@H](O[C@@H]1O[C@H](CO[C@@H]2OC(CO)[C@@H](O)[C@H](O)[C@H]2O)[C@@H](O)[C@H](O)[C@H]1O)C(C)(C)O)C1CC[C@@]2(C)C3CC=C4C(CC[C@H](O[C@@H]5O[C@H](CO)[C@@H](O)[C@H](O)[C@H]5O)C4(C)C)[C@]3(C)[C@H](O)C[C@]12C. The number of aliphatic hydroxyl groups excluding tert-OH is 12. The lowest BCUT2D eigenvalue weighted by Gasteiger charge is -2.67. The number of hydrogen-bond acceptors (Lipinski definition) is 19. The Morgan fingerprint density at radius 1 is 0.672 bits per heavy atom. The van der Waals surface area contributed by atoms with Crippen molar-refractivity contribution in [3.8, 4) is 0 Å². The second-order valence-corrected chi connectivity index (χ2v) is 23.1. The van der Waals surface area contributed by atoms with Crippen LogP contribution in [0.5, 0.6) is 0 Å². The van der Waals surface area contributed by atoms with Crippen LogP contribution in [-0.4, -0.2) is 202 Å². The highest BCUT2D eigenvalue weighted by molar-refractivity contribution is 5.32. The van der Waals surface area contributed by atoms with Crippen LogP contribution in [0.15, 0.2) is 11.6 Å². The predicted molar refractivity (Wildman–Crippen MR) is 235 cm³/mol. The maximum Gasteiger partial charge on any atom is 0.187 e. The minimum Gasteiger partial charge on any atom is -0.394 e. The normalized spacial score (nSPS) is 51.0. The van der Waals surface area contributed by atoms with Gasteiger partial charge < -0.3 is 94.8 Å². The lowest BCUT2D eigenvalue weighted by molar-refractivity contribution is -0.341. The van der Waals surface area contributed by atoms with Crippen LogP contribution >= 0.6 is 0 Å². The fourth-order valence-corrected chi connectivity index (χ4v) is 14.2. The minimum atomic E-state index is -1.75. The van der Waals surface area contributed by atoms with Crippen LogP contribution in [0, 0.1) is 45.3 Å². The molecule has 0 radical (unpaired) electrons. The van der Waals surface area contributed by atoms with E-state index in [2.05, 4.69) is 47.6 Å². The average Bonchev–Trinajstić information content (AvgIpc) is 3.54. The van der Waals surface area contributed by atoms with Gasteiger partial charge in [-0.15, -0.1) is 0 Å². The predicted octanol–water partition coefficient (Wildman–Crippen LogP) is -1.06. The van der Waals surface area contributed by atoms with E-state index in [-0.39, 0.29) is 34.5 Å². The number of ether oxygens (including phenoxy) is 6. The van der Waals surface area contributed by atoms with Gasteiger partial charge in [0.15, 0.2) is 18.9 Å². The summed E-state index contributed by atoms with van der Waals surface area (Å²) < 4.78 is 35.3. The van der Waals surface area contributed by atoms with Crippen molar-refractivity contribution in [2.75, 3.05) is 19.8 Å². The van der Waals surface area contributed by atoms with E-state index in [9.17, 15) is 66.4 Å². The van der Waals surface area contributed by atoms with Gasteiger partial charge in [0.2, 0.25) is 0 Å². The second-order valence-electron chi connectivity index (χ2n) is 23.1. The Bertz CT molecular complexity index is 1710. The van der Waals surface area contributed by atoms with Crippen molar-refractivity contribution < 1.29 is 94.8 Å². The van der Waals surface area contributed by atoms with Gasteiger partial charge >= 0.3 is 0 Å². The molecule has 67 heavy (non-hydrogen) atoms. The maximum absolute atomic E-state index is 12.6. The molecule has 0 spiro atoms. The van der Waals surface area contributed by atoms with Crippen molar-refractivity contribution in [1.82, 2.24) is 0 Å². The zero-order chi connectivity index (χ0) is 49.5. The summed E-state index contributed by atoms with van der Waals surface area (Å²) >= 11 is 0. The van der Waals surface area contributed by atoms with Crippen molar-refractivity contribution in [2.24, 2.45) is 45.3 Å². The molecule has 4 aliphatic carbocycles. The standard InChI is InChI=1S/C48H82O19/c1-21(9-13-31(45(4,5)61)67-43-40(60)37(57)34(54)27(65-43)20-62-41-38(58)35(55)32(52)25(18-49)63-41)22-15-16-46(6)28-12-10-23-24(48(28,8)29(51)17-47(22,46)7)11-14-30(44(23,2)3)66-42-39(59)36(56)33(53)26(19-50)64-42/h10,21-22,24-43,49-61H,9,11-20H2,1-8H3/t21-,22?,24?,25?,26-,27-,28?,29-,30+,31-,32-,33-,34-,35+,36+,37+,38-,39-,40-,41-,42+,43+,46+,47-,48+/m1/s1. The quantitative estimate of drug-likeness (QED) is 0.0924. The first kappa shape index (κ1) is 53.8. The third-order valence-electron chi connectivity index (χ3n) is 18.7. The monoisotopic (exact) mass is 963 g/mol. The van der Waals surface area contributed by atoms with Gasteiger partial charge in [0.1, 0.15) is 73.2 Å². The molecule has 3 saturated carbocycles. The van der Waals surface area contributed by atoms with Crippen LogP contribution < -0.4 is 0 Å². The first-order valence-corrected chi connectivity index (χ1v) is 24.5. The molecule has 0 bridgehead atoms. The largest absolute Gasteiger partial charge is 0.394 e. The van der Waals surface area contributed by atoms with E-state index < -0.39 is 147 Å². The molecule has 3 aliphatic heterocycles. The van der Waals surface area contributed by atoms with Crippen molar-refractivity contribution in [1.29, 1.82) is 0 Å². The third-order valence-corrected chi connectivity index (χ3v) is 18.7. The lowest BCUT2D eigenvalue weighted by atomic mass is 9.38. The Labute approximate surface area is 393 Å². The molecule has 388 valence electrons. The van der Waals surface area contributed by atoms with E-state index in [0.29, 0.717) is 25.7 Å². The summed E-state index contributed by atoms with van der Waals surface area (Å²) in [6.07, 6.45) is -16.7. The highest BCUT2D eigenvalue weighted by atomic mass is 16.7. The lowest BCUT2D eigenvalue weighted by Crippen LogP contribution is -2.65. The Morgan fingerprint density at radius 2 is 1.21 bits per heavy atom. The van der Waals surface area contributed by atoms with E-state index in [1.807, 2.05) is 0 Å². The minimum absolute atomic E-state index is 0.0596. The fourth-order valence-electron chi connectivity index (χ4n) is 14.2.